The molecular formula is C16H21NO2. The minimum atomic E-state index is -0.177. The van der Waals surface area contributed by atoms with Gasteiger partial charge >= 0.3 is 0 Å². The summed E-state index contributed by atoms with van der Waals surface area (Å²) in [5.41, 5.74) is 2.39. The van der Waals surface area contributed by atoms with Crippen LogP contribution >= 0.6 is 0 Å². The molecule has 1 rings (SSSR count). The largest absolute Gasteiger partial charge is 0.384 e. The van der Waals surface area contributed by atoms with E-state index in [1.165, 1.54) is 0 Å². The molecule has 1 aromatic rings. The molecule has 3 nitrogen and oxygen atoms in total. The third-order valence-corrected chi connectivity index (χ3v) is 3.12. The van der Waals surface area contributed by atoms with Crippen molar-refractivity contribution in [2.45, 2.75) is 39.7 Å². The summed E-state index contributed by atoms with van der Waals surface area (Å²) in [5, 5.41) is 11.7. The first-order valence-electron chi connectivity index (χ1n) is 6.63. The third-order valence-electron chi connectivity index (χ3n) is 3.12. The molecule has 0 aliphatic rings. The lowest BCUT2D eigenvalue weighted by Crippen LogP contribution is -2.33. The van der Waals surface area contributed by atoms with Crippen molar-refractivity contribution >= 4 is 5.91 Å². The third kappa shape index (κ3) is 4.42. The SMILES string of the molecule is CCC(CC)NC(=O)c1ccc(C)c(C#CCO)c1. The molecule has 0 radical (unpaired) electrons. The van der Waals surface area contributed by atoms with Crippen molar-refractivity contribution in [1.82, 2.24) is 5.32 Å². The molecule has 0 saturated carbocycles. The van der Waals surface area contributed by atoms with E-state index >= 15 is 0 Å². The Labute approximate surface area is 115 Å². The van der Waals surface area contributed by atoms with Crippen molar-refractivity contribution in [3.05, 3.63) is 34.9 Å². The van der Waals surface area contributed by atoms with E-state index in [2.05, 4.69) is 31.0 Å². The van der Waals surface area contributed by atoms with E-state index in [1.807, 2.05) is 13.0 Å². The molecule has 0 unspecified atom stereocenters. The van der Waals surface area contributed by atoms with E-state index < -0.39 is 0 Å². The number of nitrogens with one attached hydrogen (secondary N) is 1. The molecule has 1 aromatic carbocycles. The lowest BCUT2D eigenvalue weighted by Gasteiger charge is -2.15. The number of amides is 1. The van der Waals surface area contributed by atoms with Crippen molar-refractivity contribution in [1.29, 1.82) is 0 Å². The van der Waals surface area contributed by atoms with Crippen LogP contribution in [0.3, 0.4) is 0 Å². The number of aryl methyl sites for hydroxylation is 1. The van der Waals surface area contributed by atoms with Crippen LogP contribution in [-0.4, -0.2) is 23.7 Å². The normalized spacial score (nSPS) is 9.95. The van der Waals surface area contributed by atoms with Gasteiger partial charge in [0.2, 0.25) is 0 Å². The molecule has 0 bridgehead atoms. The summed E-state index contributed by atoms with van der Waals surface area (Å²) in [5.74, 6) is 5.40. The van der Waals surface area contributed by atoms with Gasteiger partial charge in [0.25, 0.3) is 5.91 Å². The smallest absolute Gasteiger partial charge is 0.251 e. The Balaban J connectivity index is 2.92. The van der Waals surface area contributed by atoms with Gasteiger partial charge in [-0.05, 0) is 37.5 Å². The molecule has 19 heavy (non-hydrogen) atoms. The fraction of sp³-hybridized carbons (Fsp3) is 0.438. The van der Waals surface area contributed by atoms with Gasteiger partial charge < -0.3 is 10.4 Å². The van der Waals surface area contributed by atoms with E-state index in [1.54, 1.807) is 12.1 Å². The Morgan fingerprint density at radius 2 is 2.05 bits per heavy atom. The van der Waals surface area contributed by atoms with Gasteiger partial charge in [0, 0.05) is 17.2 Å². The van der Waals surface area contributed by atoms with Gasteiger partial charge in [-0.1, -0.05) is 31.8 Å². The summed E-state index contributed by atoms with van der Waals surface area (Å²) >= 11 is 0. The highest BCUT2D eigenvalue weighted by atomic mass is 16.2. The van der Waals surface area contributed by atoms with Crippen LogP contribution in [0.1, 0.15) is 48.2 Å². The van der Waals surface area contributed by atoms with Gasteiger partial charge in [-0.2, -0.15) is 0 Å². The van der Waals surface area contributed by atoms with Gasteiger partial charge in [-0.3, -0.25) is 4.79 Å². The summed E-state index contributed by atoms with van der Waals surface area (Å²) < 4.78 is 0. The molecule has 0 fully saturated rings. The molecule has 2 N–H and O–H groups in total. The van der Waals surface area contributed by atoms with Crippen LogP contribution in [0.5, 0.6) is 0 Å². The highest BCUT2D eigenvalue weighted by Crippen LogP contribution is 2.11. The maximum atomic E-state index is 12.1. The molecule has 0 aliphatic carbocycles. The fourth-order valence-corrected chi connectivity index (χ4v) is 1.79. The second-order valence-corrected chi connectivity index (χ2v) is 4.48. The molecule has 0 aromatic heterocycles. The van der Waals surface area contributed by atoms with E-state index in [-0.39, 0.29) is 18.6 Å². The van der Waals surface area contributed by atoms with Crippen LogP contribution in [0.25, 0.3) is 0 Å². The number of hydrogen-bond acceptors (Lipinski definition) is 2. The van der Waals surface area contributed by atoms with Gasteiger partial charge in [-0.25, -0.2) is 0 Å². The zero-order valence-corrected chi connectivity index (χ0v) is 11.8. The standard InChI is InChI=1S/C16H21NO2/c1-4-15(5-2)17-16(19)14-9-8-12(3)13(11-14)7-6-10-18/h8-9,11,15,18H,4-5,10H2,1-3H3,(H,17,19). The molecule has 3 heteroatoms. The zero-order valence-electron chi connectivity index (χ0n) is 11.8. The number of carbonyl (C=O) groups is 1. The number of aliphatic hydroxyl groups is 1. The first kappa shape index (κ1) is 15.3. The molecule has 0 saturated heterocycles. The molecule has 0 atom stereocenters. The van der Waals surface area contributed by atoms with Crippen molar-refractivity contribution in [2.24, 2.45) is 0 Å². The minimum Gasteiger partial charge on any atom is -0.384 e. The van der Waals surface area contributed by atoms with E-state index in [0.29, 0.717) is 5.56 Å². The lowest BCUT2D eigenvalue weighted by molar-refractivity contribution is 0.0935. The second-order valence-electron chi connectivity index (χ2n) is 4.48. The van der Waals surface area contributed by atoms with Crippen LogP contribution in [0.2, 0.25) is 0 Å². The Morgan fingerprint density at radius 1 is 1.37 bits per heavy atom. The van der Waals surface area contributed by atoms with Crippen LogP contribution in [-0.2, 0) is 0 Å². The first-order chi connectivity index (χ1) is 9.12. The quantitative estimate of drug-likeness (QED) is 0.815. The van der Waals surface area contributed by atoms with E-state index in [9.17, 15) is 4.79 Å². The van der Waals surface area contributed by atoms with E-state index in [0.717, 1.165) is 24.0 Å². The van der Waals surface area contributed by atoms with Crippen molar-refractivity contribution in [3.63, 3.8) is 0 Å². The van der Waals surface area contributed by atoms with Crippen LogP contribution in [0.4, 0.5) is 0 Å². The minimum absolute atomic E-state index is 0.0688. The monoisotopic (exact) mass is 259 g/mol. The zero-order chi connectivity index (χ0) is 14.3. The Hall–Kier alpha value is -1.79. The van der Waals surface area contributed by atoms with Gasteiger partial charge in [0.05, 0.1) is 0 Å². The number of benzene rings is 1. The van der Waals surface area contributed by atoms with Crippen molar-refractivity contribution in [2.75, 3.05) is 6.61 Å². The summed E-state index contributed by atoms with van der Waals surface area (Å²) in [6, 6.07) is 5.66. The van der Waals surface area contributed by atoms with Crippen LogP contribution in [0, 0.1) is 18.8 Å². The van der Waals surface area contributed by atoms with Crippen molar-refractivity contribution in [3.8, 4) is 11.8 Å². The molecule has 1 amide bonds. The topological polar surface area (TPSA) is 49.3 Å². The average molecular weight is 259 g/mol. The van der Waals surface area contributed by atoms with Gasteiger partial charge in [-0.15, -0.1) is 0 Å². The van der Waals surface area contributed by atoms with Gasteiger partial charge in [0.15, 0.2) is 0 Å². The first-order valence-corrected chi connectivity index (χ1v) is 6.63. The fourth-order valence-electron chi connectivity index (χ4n) is 1.79. The van der Waals surface area contributed by atoms with Crippen LogP contribution in [0.15, 0.2) is 18.2 Å². The number of aliphatic hydroxyl groups excluding tert-OH is 1. The summed E-state index contributed by atoms with van der Waals surface area (Å²) in [6.45, 7) is 5.87. The van der Waals surface area contributed by atoms with Gasteiger partial charge in [0.1, 0.15) is 6.61 Å². The number of hydrogen-bond donors (Lipinski definition) is 2. The molecule has 0 aliphatic heterocycles. The molecule has 0 heterocycles. The Bertz CT molecular complexity index is 493. The number of carbonyl (C=O) groups excluding carboxylic acids is 1. The Morgan fingerprint density at radius 3 is 2.63 bits per heavy atom. The summed E-state index contributed by atoms with van der Waals surface area (Å²) in [4.78, 5) is 12.1. The molecular weight excluding hydrogens is 238 g/mol. The average Bonchev–Trinajstić information content (AvgIpc) is 2.43. The summed E-state index contributed by atoms with van der Waals surface area (Å²) in [7, 11) is 0. The Kier molecular flexibility index (Phi) is 6.11. The van der Waals surface area contributed by atoms with E-state index in [4.69, 9.17) is 5.11 Å². The number of rotatable bonds is 4. The molecule has 0 spiro atoms. The maximum Gasteiger partial charge on any atom is 0.251 e. The predicted octanol–water partition coefficient (Wildman–Crippen LogP) is 2.26. The molecule has 102 valence electrons. The predicted molar refractivity (Wildman–Crippen MR) is 77.0 cm³/mol. The van der Waals surface area contributed by atoms with Crippen LogP contribution < -0.4 is 5.32 Å². The maximum absolute atomic E-state index is 12.1. The highest BCUT2D eigenvalue weighted by Gasteiger charge is 2.11. The highest BCUT2D eigenvalue weighted by molar-refractivity contribution is 5.94. The summed E-state index contributed by atoms with van der Waals surface area (Å²) in [6.07, 6.45) is 1.84. The van der Waals surface area contributed by atoms with Crippen molar-refractivity contribution < 1.29 is 9.90 Å². The lowest BCUT2D eigenvalue weighted by atomic mass is 10.0. The second kappa shape index (κ2) is 7.60.